The van der Waals surface area contributed by atoms with E-state index < -0.39 is 34.9 Å². The smallest absolute Gasteiger partial charge is 0.490 e. The van der Waals surface area contributed by atoms with Gasteiger partial charge in [0.05, 0.1) is 4.92 Å². The summed E-state index contributed by atoms with van der Waals surface area (Å²) in [7, 11) is 0. The SMILES string of the molecule is NCCOc1cccc(C(=O)C=CC(Oc2ccccc2[N+](=O)[O-])C(=O)O)c1.O=C(O)C(F)(F)F. The molecule has 0 saturated heterocycles. The number of allylic oxidation sites excluding steroid dienone is 1. The van der Waals surface area contributed by atoms with Gasteiger partial charge in [-0.05, 0) is 30.4 Å². The number of rotatable bonds is 10. The van der Waals surface area contributed by atoms with Gasteiger partial charge in [-0.1, -0.05) is 24.3 Å². The van der Waals surface area contributed by atoms with Gasteiger partial charge in [-0.25, -0.2) is 9.59 Å². The molecule has 0 saturated carbocycles. The monoisotopic (exact) mass is 500 g/mol. The highest BCUT2D eigenvalue weighted by Gasteiger charge is 2.38. The van der Waals surface area contributed by atoms with Crippen LogP contribution in [0.1, 0.15) is 10.4 Å². The van der Waals surface area contributed by atoms with Crippen LogP contribution in [-0.4, -0.2) is 58.3 Å². The number of para-hydroxylation sites is 2. The fourth-order valence-corrected chi connectivity index (χ4v) is 2.20. The quantitative estimate of drug-likeness (QED) is 0.190. The maximum atomic E-state index is 12.3. The second kappa shape index (κ2) is 13.3. The number of nitrogens with zero attached hydrogens (tertiary/aromatic N) is 1. The highest BCUT2D eigenvalue weighted by atomic mass is 19.4. The predicted molar refractivity (Wildman–Crippen MR) is 113 cm³/mol. The molecule has 14 heteroatoms. The standard InChI is InChI=1S/C19H18N2O7.C2HF3O2/c20-10-11-27-14-5-3-4-13(12-14)16(22)8-9-18(19(23)24)28-17-7-2-1-6-15(17)21(25)26;3-2(4,5)1(6)7/h1-9,12,18H,10-11,20H2,(H,23,24);(H,6,7). The Labute approximate surface area is 195 Å². The van der Waals surface area contributed by atoms with Crippen molar-refractivity contribution in [2.45, 2.75) is 12.3 Å². The summed E-state index contributed by atoms with van der Waals surface area (Å²) in [5.74, 6) is -4.39. The zero-order valence-electron chi connectivity index (χ0n) is 17.7. The molecule has 0 aliphatic heterocycles. The number of carbonyl (C=O) groups is 3. The van der Waals surface area contributed by atoms with E-state index in [-0.39, 0.29) is 23.6 Å². The molecule has 1 unspecified atom stereocenters. The number of benzene rings is 2. The van der Waals surface area contributed by atoms with Crippen molar-refractivity contribution in [3.8, 4) is 11.5 Å². The number of alkyl halides is 3. The van der Waals surface area contributed by atoms with Gasteiger partial charge in [0.15, 0.2) is 11.5 Å². The third kappa shape index (κ3) is 9.91. The van der Waals surface area contributed by atoms with Crippen LogP contribution in [0.15, 0.2) is 60.7 Å². The molecule has 0 amide bonds. The fraction of sp³-hybridized carbons (Fsp3) is 0.190. The summed E-state index contributed by atoms with van der Waals surface area (Å²) < 4.78 is 42.3. The summed E-state index contributed by atoms with van der Waals surface area (Å²) in [4.78, 5) is 42.9. The molecule has 2 aromatic rings. The predicted octanol–water partition coefficient (Wildman–Crippen LogP) is 2.84. The van der Waals surface area contributed by atoms with Crippen molar-refractivity contribution in [2.75, 3.05) is 13.2 Å². The van der Waals surface area contributed by atoms with Crippen LogP contribution in [0.2, 0.25) is 0 Å². The van der Waals surface area contributed by atoms with E-state index in [1.807, 2.05) is 0 Å². The molecule has 35 heavy (non-hydrogen) atoms. The van der Waals surface area contributed by atoms with Gasteiger partial charge in [0.1, 0.15) is 12.4 Å². The van der Waals surface area contributed by atoms with Gasteiger partial charge >= 0.3 is 23.8 Å². The molecule has 0 aliphatic carbocycles. The Kier molecular flexibility index (Phi) is 10.9. The third-order valence-electron chi connectivity index (χ3n) is 3.73. The van der Waals surface area contributed by atoms with Gasteiger partial charge in [-0.2, -0.15) is 13.2 Å². The van der Waals surface area contributed by atoms with Gasteiger partial charge in [0, 0.05) is 18.2 Å². The number of carbonyl (C=O) groups excluding carboxylic acids is 1. The van der Waals surface area contributed by atoms with Crippen LogP contribution in [0.4, 0.5) is 18.9 Å². The lowest BCUT2D eigenvalue weighted by molar-refractivity contribution is -0.386. The van der Waals surface area contributed by atoms with E-state index in [0.29, 0.717) is 12.3 Å². The molecule has 2 aromatic carbocycles. The van der Waals surface area contributed by atoms with Crippen molar-refractivity contribution in [1.29, 1.82) is 0 Å². The molecular weight excluding hydrogens is 481 g/mol. The second-order valence-electron chi connectivity index (χ2n) is 6.29. The lowest BCUT2D eigenvalue weighted by Gasteiger charge is -2.11. The lowest BCUT2D eigenvalue weighted by atomic mass is 10.1. The number of hydrogen-bond acceptors (Lipinski definition) is 8. The number of hydrogen-bond donors (Lipinski definition) is 3. The summed E-state index contributed by atoms with van der Waals surface area (Å²) in [5, 5.41) is 27.4. The maximum Gasteiger partial charge on any atom is 0.490 e. The molecule has 0 spiro atoms. The Morgan fingerprint density at radius 2 is 1.74 bits per heavy atom. The Morgan fingerprint density at radius 3 is 2.29 bits per heavy atom. The molecule has 1 atom stereocenters. The summed E-state index contributed by atoms with van der Waals surface area (Å²) in [6.45, 7) is 0.611. The molecule has 0 aliphatic rings. The minimum atomic E-state index is -5.08. The van der Waals surface area contributed by atoms with E-state index in [9.17, 15) is 38.0 Å². The van der Waals surface area contributed by atoms with Crippen LogP contribution < -0.4 is 15.2 Å². The van der Waals surface area contributed by atoms with Crippen LogP contribution in [0.5, 0.6) is 11.5 Å². The average molecular weight is 500 g/mol. The fourth-order valence-electron chi connectivity index (χ4n) is 2.20. The lowest BCUT2D eigenvalue weighted by Crippen LogP contribution is -2.25. The molecule has 2 rings (SSSR count). The first-order chi connectivity index (χ1) is 16.4. The first-order valence-electron chi connectivity index (χ1n) is 9.45. The van der Waals surface area contributed by atoms with Crippen molar-refractivity contribution in [3.63, 3.8) is 0 Å². The summed E-state index contributed by atoms with van der Waals surface area (Å²) >= 11 is 0. The van der Waals surface area contributed by atoms with Crippen LogP contribution in [-0.2, 0) is 9.59 Å². The second-order valence-corrected chi connectivity index (χ2v) is 6.29. The molecule has 0 bridgehead atoms. The summed E-state index contributed by atoms with van der Waals surface area (Å²) in [6.07, 6.45) is -4.61. The van der Waals surface area contributed by atoms with Crippen LogP contribution in [0.25, 0.3) is 0 Å². The van der Waals surface area contributed by atoms with Gasteiger partial charge in [-0.15, -0.1) is 0 Å². The topological polar surface area (TPSA) is 179 Å². The van der Waals surface area contributed by atoms with Crippen molar-refractivity contribution in [1.82, 2.24) is 0 Å². The van der Waals surface area contributed by atoms with E-state index in [0.717, 1.165) is 12.2 Å². The number of nitro groups is 1. The van der Waals surface area contributed by atoms with E-state index in [4.69, 9.17) is 25.1 Å². The van der Waals surface area contributed by atoms with Crippen LogP contribution >= 0.6 is 0 Å². The van der Waals surface area contributed by atoms with Crippen molar-refractivity contribution >= 4 is 23.4 Å². The molecular formula is C21H19F3N2O9. The number of nitrogens with two attached hydrogens (primary N) is 1. The van der Waals surface area contributed by atoms with E-state index in [1.54, 1.807) is 18.2 Å². The van der Waals surface area contributed by atoms with Gasteiger partial charge in [-0.3, -0.25) is 14.9 Å². The Hall–Kier alpha value is -4.46. The number of halogens is 3. The summed E-state index contributed by atoms with van der Waals surface area (Å²) in [5.41, 5.74) is 5.26. The number of ether oxygens (including phenoxy) is 2. The van der Waals surface area contributed by atoms with Gasteiger partial charge in [0.2, 0.25) is 6.10 Å². The number of aliphatic carboxylic acids is 2. The molecule has 0 heterocycles. The van der Waals surface area contributed by atoms with E-state index >= 15 is 0 Å². The Morgan fingerprint density at radius 1 is 1.11 bits per heavy atom. The molecule has 0 radical (unpaired) electrons. The number of carboxylic acid groups (broad SMARTS) is 2. The number of nitro benzene ring substituents is 1. The summed E-state index contributed by atoms with van der Waals surface area (Å²) in [6, 6.07) is 11.7. The first-order valence-corrected chi connectivity index (χ1v) is 9.45. The first kappa shape index (κ1) is 28.6. The highest BCUT2D eigenvalue weighted by Crippen LogP contribution is 2.27. The van der Waals surface area contributed by atoms with Crippen molar-refractivity contribution in [2.24, 2.45) is 5.73 Å². The molecule has 0 aromatic heterocycles. The van der Waals surface area contributed by atoms with Crippen molar-refractivity contribution in [3.05, 3.63) is 76.4 Å². The van der Waals surface area contributed by atoms with Crippen molar-refractivity contribution < 1.29 is 52.2 Å². The number of ketones is 1. The van der Waals surface area contributed by atoms with Gasteiger partial charge < -0.3 is 25.4 Å². The van der Waals surface area contributed by atoms with Crippen LogP contribution in [0, 0.1) is 10.1 Å². The molecule has 11 nitrogen and oxygen atoms in total. The molecule has 0 fully saturated rings. The van der Waals surface area contributed by atoms with E-state index in [1.165, 1.54) is 30.3 Å². The minimum absolute atomic E-state index is 0.214. The van der Waals surface area contributed by atoms with Crippen LogP contribution in [0.3, 0.4) is 0 Å². The Balaban J connectivity index is 0.000000762. The number of carboxylic acids is 2. The Bertz CT molecular complexity index is 1090. The molecule has 4 N–H and O–H groups in total. The molecule has 188 valence electrons. The average Bonchev–Trinajstić information content (AvgIpc) is 2.80. The van der Waals surface area contributed by atoms with Gasteiger partial charge in [0.25, 0.3) is 0 Å². The minimum Gasteiger partial charge on any atom is -0.492 e. The van der Waals surface area contributed by atoms with E-state index in [2.05, 4.69) is 0 Å². The third-order valence-corrected chi connectivity index (χ3v) is 3.73. The zero-order chi connectivity index (χ0) is 26.6. The maximum absolute atomic E-state index is 12.3. The normalized spacial score (nSPS) is 11.7. The highest BCUT2D eigenvalue weighted by molar-refractivity contribution is 6.05. The zero-order valence-corrected chi connectivity index (χ0v) is 17.7. The largest absolute Gasteiger partial charge is 0.492 e.